The summed E-state index contributed by atoms with van der Waals surface area (Å²) in [5, 5.41) is 2.74. The molecule has 1 heterocycles. The fourth-order valence-corrected chi connectivity index (χ4v) is 4.75. The van der Waals surface area contributed by atoms with Crippen LogP contribution in [0.2, 0.25) is 0 Å². The van der Waals surface area contributed by atoms with E-state index in [2.05, 4.69) is 5.32 Å². The van der Waals surface area contributed by atoms with Crippen LogP contribution in [0.3, 0.4) is 0 Å². The Morgan fingerprint density at radius 1 is 0.931 bits per heavy atom. The normalized spacial score (nSPS) is 14.4. The molecule has 0 unspecified atom stereocenters. The van der Waals surface area contributed by atoms with Gasteiger partial charge in [0, 0.05) is 19.2 Å². The van der Waals surface area contributed by atoms with Gasteiger partial charge in [0.15, 0.2) is 0 Å². The Kier molecular flexibility index (Phi) is 6.29. The Bertz CT molecular complexity index is 1000. The van der Waals surface area contributed by atoms with Crippen molar-refractivity contribution in [3.05, 3.63) is 42.0 Å². The van der Waals surface area contributed by atoms with Gasteiger partial charge < -0.3 is 19.5 Å². The molecule has 1 fully saturated rings. The number of hydrogen-bond donors (Lipinski definition) is 1. The lowest BCUT2D eigenvalue weighted by Crippen LogP contribution is -2.28. The van der Waals surface area contributed by atoms with Crippen molar-refractivity contribution in [2.24, 2.45) is 0 Å². The van der Waals surface area contributed by atoms with Crippen molar-refractivity contribution in [3.63, 3.8) is 0 Å². The van der Waals surface area contributed by atoms with E-state index in [4.69, 9.17) is 14.2 Å². The van der Waals surface area contributed by atoms with Crippen molar-refractivity contribution < 1.29 is 27.4 Å². The predicted molar refractivity (Wildman–Crippen MR) is 108 cm³/mol. The Morgan fingerprint density at radius 2 is 1.59 bits per heavy atom. The van der Waals surface area contributed by atoms with Gasteiger partial charge in [-0.2, -0.15) is 4.31 Å². The summed E-state index contributed by atoms with van der Waals surface area (Å²) >= 11 is 0. The summed E-state index contributed by atoms with van der Waals surface area (Å²) in [5.74, 6) is 0.731. The van der Waals surface area contributed by atoms with Gasteiger partial charge in [0.1, 0.15) is 17.2 Å². The second-order valence-corrected chi connectivity index (χ2v) is 8.43. The molecule has 1 aliphatic heterocycles. The smallest absolute Gasteiger partial charge is 0.259 e. The summed E-state index contributed by atoms with van der Waals surface area (Å²) in [7, 11) is 0.765. The van der Waals surface area contributed by atoms with Crippen LogP contribution in [0.4, 0.5) is 5.69 Å². The molecule has 0 atom stereocenters. The average Bonchev–Trinajstić information content (AvgIpc) is 3.29. The van der Waals surface area contributed by atoms with E-state index in [1.807, 2.05) is 0 Å². The Hall–Kier alpha value is -2.78. The summed E-state index contributed by atoms with van der Waals surface area (Å²) in [5.41, 5.74) is 0.504. The largest absolute Gasteiger partial charge is 0.497 e. The molecular formula is C20H24N2O6S. The number of benzene rings is 2. The molecule has 1 amide bonds. The molecule has 3 rings (SSSR count). The van der Waals surface area contributed by atoms with Crippen LogP contribution in [-0.4, -0.2) is 53.0 Å². The number of nitrogens with one attached hydrogen (secondary N) is 1. The fourth-order valence-electron chi connectivity index (χ4n) is 3.20. The van der Waals surface area contributed by atoms with Crippen molar-refractivity contribution >= 4 is 21.6 Å². The maximum Gasteiger partial charge on any atom is 0.259 e. The van der Waals surface area contributed by atoms with Crippen molar-refractivity contribution in [1.29, 1.82) is 0 Å². The number of carbonyl (C=O) groups excluding carboxylic acids is 1. The van der Waals surface area contributed by atoms with Crippen molar-refractivity contribution in [1.82, 2.24) is 4.31 Å². The van der Waals surface area contributed by atoms with Gasteiger partial charge in [0.2, 0.25) is 10.0 Å². The van der Waals surface area contributed by atoms with E-state index in [9.17, 15) is 13.2 Å². The van der Waals surface area contributed by atoms with Gasteiger partial charge in [-0.25, -0.2) is 8.42 Å². The molecule has 156 valence electrons. The first-order chi connectivity index (χ1) is 13.9. The molecule has 0 aliphatic carbocycles. The number of nitrogens with zero attached hydrogens (tertiary/aromatic N) is 1. The molecule has 1 aliphatic rings. The van der Waals surface area contributed by atoms with Gasteiger partial charge in [-0.15, -0.1) is 0 Å². The minimum atomic E-state index is -3.66. The lowest BCUT2D eigenvalue weighted by Gasteiger charge is -2.17. The van der Waals surface area contributed by atoms with Crippen LogP contribution in [0, 0.1) is 0 Å². The molecular weight excluding hydrogens is 396 g/mol. The summed E-state index contributed by atoms with van der Waals surface area (Å²) in [4.78, 5) is 13.0. The first-order valence-corrected chi connectivity index (χ1v) is 10.6. The van der Waals surface area contributed by atoms with Gasteiger partial charge in [0.25, 0.3) is 5.91 Å². The Labute approximate surface area is 170 Å². The SMILES string of the molecule is COc1ccc(OC)c(NC(=O)c2cc(S(=O)(=O)N3CCCC3)ccc2OC)c1. The van der Waals surface area contributed by atoms with Crippen molar-refractivity contribution in [2.75, 3.05) is 39.7 Å². The van der Waals surface area contributed by atoms with Crippen LogP contribution in [0.5, 0.6) is 17.2 Å². The zero-order valence-electron chi connectivity index (χ0n) is 16.6. The van der Waals surface area contributed by atoms with E-state index >= 15 is 0 Å². The number of amides is 1. The molecule has 8 nitrogen and oxygen atoms in total. The molecule has 0 saturated carbocycles. The number of sulfonamides is 1. The highest BCUT2D eigenvalue weighted by molar-refractivity contribution is 7.89. The van der Waals surface area contributed by atoms with Gasteiger partial charge in [-0.1, -0.05) is 0 Å². The highest BCUT2D eigenvalue weighted by Gasteiger charge is 2.28. The number of anilines is 1. The lowest BCUT2D eigenvalue weighted by atomic mass is 10.1. The molecule has 0 bridgehead atoms. The van der Waals surface area contributed by atoms with Crippen LogP contribution >= 0.6 is 0 Å². The standard InChI is InChI=1S/C20H24N2O6S/c1-26-14-6-8-19(28-3)17(12-14)21-20(23)16-13-15(7-9-18(16)27-2)29(24,25)22-10-4-5-11-22/h6-9,12-13H,4-5,10-11H2,1-3H3,(H,21,23). The summed E-state index contributed by atoms with van der Waals surface area (Å²) in [6.45, 7) is 0.966. The third-order valence-electron chi connectivity index (χ3n) is 4.77. The molecule has 2 aromatic carbocycles. The fraction of sp³-hybridized carbons (Fsp3) is 0.350. The van der Waals surface area contributed by atoms with E-state index < -0.39 is 15.9 Å². The first kappa shape index (κ1) is 20.9. The monoisotopic (exact) mass is 420 g/mol. The molecule has 0 radical (unpaired) electrons. The molecule has 9 heteroatoms. The van der Waals surface area contributed by atoms with Crippen LogP contribution in [0.1, 0.15) is 23.2 Å². The van der Waals surface area contributed by atoms with Crippen LogP contribution in [0.15, 0.2) is 41.3 Å². The summed E-state index contributed by atoms with van der Waals surface area (Å²) in [6.07, 6.45) is 1.66. The third kappa shape index (κ3) is 4.30. The molecule has 29 heavy (non-hydrogen) atoms. The highest BCUT2D eigenvalue weighted by Crippen LogP contribution is 2.31. The second-order valence-electron chi connectivity index (χ2n) is 6.49. The number of carbonyl (C=O) groups is 1. The van der Waals surface area contributed by atoms with E-state index in [1.54, 1.807) is 18.2 Å². The minimum absolute atomic E-state index is 0.0583. The van der Waals surface area contributed by atoms with Crippen LogP contribution < -0.4 is 19.5 Å². The quantitative estimate of drug-likeness (QED) is 0.740. The van der Waals surface area contributed by atoms with Crippen LogP contribution in [-0.2, 0) is 10.0 Å². The third-order valence-corrected chi connectivity index (χ3v) is 6.67. The number of ether oxygens (including phenoxy) is 3. The van der Waals surface area contributed by atoms with Crippen molar-refractivity contribution in [3.8, 4) is 17.2 Å². The van der Waals surface area contributed by atoms with Gasteiger partial charge in [-0.3, -0.25) is 4.79 Å². The van der Waals surface area contributed by atoms with Gasteiger partial charge in [0.05, 0.1) is 37.5 Å². The topological polar surface area (TPSA) is 94.2 Å². The lowest BCUT2D eigenvalue weighted by molar-refractivity contribution is 0.102. The molecule has 2 aromatic rings. The van der Waals surface area contributed by atoms with Crippen molar-refractivity contribution in [2.45, 2.75) is 17.7 Å². The van der Waals surface area contributed by atoms with E-state index in [0.717, 1.165) is 12.8 Å². The number of methoxy groups -OCH3 is 3. The van der Waals surface area contributed by atoms with Gasteiger partial charge >= 0.3 is 0 Å². The number of rotatable bonds is 7. The van der Waals surface area contributed by atoms with E-state index in [1.165, 1.54) is 43.8 Å². The zero-order chi connectivity index (χ0) is 21.0. The average molecular weight is 420 g/mol. The Morgan fingerprint density at radius 3 is 2.21 bits per heavy atom. The van der Waals surface area contributed by atoms with E-state index in [0.29, 0.717) is 30.3 Å². The molecule has 1 saturated heterocycles. The van der Waals surface area contributed by atoms with Gasteiger partial charge in [-0.05, 0) is 43.2 Å². The van der Waals surface area contributed by atoms with Crippen LogP contribution in [0.25, 0.3) is 0 Å². The molecule has 0 spiro atoms. The first-order valence-electron chi connectivity index (χ1n) is 9.12. The highest BCUT2D eigenvalue weighted by atomic mass is 32.2. The second kappa shape index (κ2) is 8.71. The minimum Gasteiger partial charge on any atom is -0.497 e. The van der Waals surface area contributed by atoms with E-state index in [-0.39, 0.29) is 16.2 Å². The maximum absolute atomic E-state index is 13.0. The zero-order valence-corrected chi connectivity index (χ0v) is 17.4. The summed E-state index contributed by atoms with van der Waals surface area (Å²) < 4.78 is 42.9. The maximum atomic E-state index is 13.0. The molecule has 0 aromatic heterocycles. The molecule has 1 N–H and O–H groups in total. The Balaban J connectivity index is 1.96. The number of hydrogen-bond acceptors (Lipinski definition) is 6. The summed E-state index contributed by atoms with van der Waals surface area (Å²) in [6, 6.07) is 9.27. The predicted octanol–water partition coefficient (Wildman–Crippen LogP) is 2.75.